The summed E-state index contributed by atoms with van der Waals surface area (Å²) >= 11 is 0. The molecular weight excluding hydrogens is 221 g/mol. The Labute approximate surface area is 117 Å². The van der Waals surface area contributed by atoms with Gasteiger partial charge in [-0.05, 0) is 19.3 Å². The van der Waals surface area contributed by atoms with E-state index in [1.807, 2.05) is 6.92 Å². The van der Waals surface area contributed by atoms with Crippen molar-refractivity contribution < 1.29 is 49.0 Å². The topological polar surface area (TPSA) is 69.7 Å². The van der Waals surface area contributed by atoms with Gasteiger partial charge in [0.15, 0.2) is 0 Å². The monoisotopic (exact) mass is 237 g/mol. The largest absolute Gasteiger partial charge is 1.00 e. The third-order valence-corrected chi connectivity index (χ3v) is 2.48. The minimum Gasteiger partial charge on any atom is -0.548 e. The second kappa shape index (κ2) is 7.92. The smallest absolute Gasteiger partial charge is 0.548 e. The molecule has 0 bridgehead atoms. The van der Waals surface area contributed by atoms with Crippen molar-refractivity contribution in [2.75, 3.05) is 13.2 Å². The minimum atomic E-state index is -1.19. The van der Waals surface area contributed by atoms with Crippen LogP contribution in [0.4, 0.5) is 4.79 Å². The molecule has 1 atom stereocenters. The van der Waals surface area contributed by atoms with Crippen LogP contribution in [0.2, 0.25) is 0 Å². The van der Waals surface area contributed by atoms with Crippen molar-refractivity contribution in [1.82, 2.24) is 4.90 Å². The number of carbonyl (C=O) groups excluding carboxylic acids is 2. The van der Waals surface area contributed by atoms with Gasteiger partial charge in [0.1, 0.15) is 0 Å². The van der Waals surface area contributed by atoms with Crippen LogP contribution in [-0.4, -0.2) is 36.2 Å². The summed E-state index contributed by atoms with van der Waals surface area (Å²) in [7, 11) is 0. The Balaban J connectivity index is 0.00000225. The van der Waals surface area contributed by atoms with E-state index in [0.717, 1.165) is 12.8 Å². The summed E-state index contributed by atoms with van der Waals surface area (Å²) in [5.41, 5.74) is 0. The van der Waals surface area contributed by atoms with Gasteiger partial charge in [0, 0.05) is 6.54 Å². The maximum Gasteiger partial charge on any atom is 1.00 e. The molecule has 16 heavy (non-hydrogen) atoms. The first kappa shape index (κ1) is 15.7. The second-order valence-electron chi connectivity index (χ2n) is 3.64. The molecule has 0 aromatic rings. The van der Waals surface area contributed by atoms with Crippen LogP contribution in [0.5, 0.6) is 0 Å². The molecule has 1 saturated heterocycles. The third-order valence-electron chi connectivity index (χ3n) is 2.48. The summed E-state index contributed by atoms with van der Waals surface area (Å²) in [6.45, 7) is 2.79. The molecule has 5 nitrogen and oxygen atoms in total. The average Bonchev–Trinajstić information content (AvgIpc) is 2.66. The quantitative estimate of drug-likeness (QED) is 0.389. The van der Waals surface area contributed by atoms with Crippen LogP contribution >= 0.6 is 0 Å². The Kier molecular flexibility index (Phi) is 7.80. The Morgan fingerprint density at radius 2 is 2.19 bits per heavy atom. The van der Waals surface area contributed by atoms with E-state index in [-0.39, 0.29) is 29.6 Å². The van der Waals surface area contributed by atoms with Crippen molar-refractivity contribution in [3.63, 3.8) is 0 Å². The summed E-state index contributed by atoms with van der Waals surface area (Å²) in [5.74, 6) is -1.19. The predicted octanol–water partition coefficient (Wildman–Crippen LogP) is -2.86. The van der Waals surface area contributed by atoms with E-state index >= 15 is 0 Å². The number of carboxylic acids is 1. The van der Waals surface area contributed by atoms with Gasteiger partial charge in [0.05, 0.1) is 18.6 Å². The van der Waals surface area contributed by atoms with Gasteiger partial charge in [-0.1, -0.05) is 13.3 Å². The standard InChI is InChI=1S/C10H17NO4.Na/c1-2-3-7-15-10(14)11-6-4-5-8(11)9(12)13;/h8H,2-7H2,1H3,(H,12,13);/q;+1/p-1/t8-;/m0./s1. The van der Waals surface area contributed by atoms with Crippen molar-refractivity contribution in [1.29, 1.82) is 0 Å². The number of hydrogen-bond acceptors (Lipinski definition) is 4. The van der Waals surface area contributed by atoms with E-state index < -0.39 is 18.1 Å². The molecule has 0 saturated carbocycles. The number of likely N-dealkylation sites (tertiary alicyclic amines) is 1. The van der Waals surface area contributed by atoms with Crippen LogP contribution in [0.15, 0.2) is 0 Å². The molecule has 1 amide bonds. The van der Waals surface area contributed by atoms with Crippen LogP contribution in [0.1, 0.15) is 32.6 Å². The molecule has 1 rings (SSSR count). The third kappa shape index (κ3) is 4.31. The summed E-state index contributed by atoms with van der Waals surface area (Å²) in [6.07, 6.45) is 2.37. The van der Waals surface area contributed by atoms with E-state index in [1.54, 1.807) is 0 Å². The average molecular weight is 237 g/mol. The summed E-state index contributed by atoms with van der Waals surface area (Å²) in [5, 5.41) is 10.7. The van der Waals surface area contributed by atoms with Gasteiger partial charge in [-0.3, -0.25) is 4.90 Å². The number of ether oxygens (including phenoxy) is 1. The Morgan fingerprint density at radius 1 is 1.50 bits per heavy atom. The molecule has 1 aliphatic rings. The number of amides is 1. The number of nitrogens with zero attached hydrogens (tertiary/aromatic N) is 1. The number of aliphatic carboxylic acids is 1. The molecule has 86 valence electrons. The maximum atomic E-state index is 11.4. The van der Waals surface area contributed by atoms with Crippen LogP contribution in [0.3, 0.4) is 0 Å². The van der Waals surface area contributed by atoms with Crippen LogP contribution < -0.4 is 34.7 Å². The first-order valence-electron chi connectivity index (χ1n) is 5.31. The van der Waals surface area contributed by atoms with E-state index in [2.05, 4.69) is 0 Å². The van der Waals surface area contributed by atoms with Crippen molar-refractivity contribution in [2.24, 2.45) is 0 Å². The van der Waals surface area contributed by atoms with Crippen molar-refractivity contribution in [3.8, 4) is 0 Å². The van der Waals surface area contributed by atoms with Crippen molar-refractivity contribution >= 4 is 12.1 Å². The second-order valence-corrected chi connectivity index (χ2v) is 3.64. The van der Waals surface area contributed by atoms with Gasteiger partial charge in [0.2, 0.25) is 0 Å². The summed E-state index contributed by atoms with van der Waals surface area (Å²) < 4.78 is 4.94. The van der Waals surface area contributed by atoms with E-state index in [9.17, 15) is 14.7 Å². The van der Waals surface area contributed by atoms with Gasteiger partial charge in [-0.15, -0.1) is 0 Å². The number of carboxylic acid groups (broad SMARTS) is 1. The molecule has 1 aliphatic heterocycles. The van der Waals surface area contributed by atoms with E-state index in [1.165, 1.54) is 4.90 Å². The maximum absolute atomic E-state index is 11.4. The predicted molar refractivity (Wildman–Crippen MR) is 51.0 cm³/mol. The van der Waals surface area contributed by atoms with E-state index in [4.69, 9.17) is 4.74 Å². The number of carbonyl (C=O) groups is 2. The fourth-order valence-corrected chi connectivity index (χ4v) is 1.62. The Bertz CT molecular complexity index is 247. The first-order valence-corrected chi connectivity index (χ1v) is 5.31. The zero-order valence-electron chi connectivity index (χ0n) is 9.90. The molecule has 0 aliphatic carbocycles. The molecule has 0 aromatic carbocycles. The van der Waals surface area contributed by atoms with Gasteiger partial charge in [-0.2, -0.15) is 0 Å². The van der Waals surface area contributed by atoms with Crippen LogP contribution in [-0.2, 0) is 9.53 Å². The first-order chi connectivity index (χ1) is 7.16. The molecular formula is C10H16NNaO4. The normalized spacial score (nSPS) is 19.1. The fourth-order valence-electron chi connectivity index (χ4n) is 1.62. The summed E-state index contributed by atoms with van der Waals surface area (Å²) in [6, 6.07) is -0.806. The molecule has 0 radical (unpaired) electrons. The molecule has 1 fully saturated rings. The van der Waals surface area contributed by atoms with Gasteiger partial charge < -0.3 is 14.6 Å². The minimum absolute atomic E-state index is 0. The summed E-state index contributed by atoms with van der Waals surface area (Å²) in [4.78, 5) is 23.4. The Morgan fingerprint density at radius 3 is 2.75 bits per heavy atom. The van der Waals surface area contributed by atoms with Gasteiger partial charge >= 0.3 is 35.7 Å². The van der Waals surface area contributed by atoms with Gasteiger partial charge in [0.25, 0.3) is 0 Å². The number of hydrogen-bond donors (Lipinski definition) is 0. The Hall–Kier alpha value is -0.260. The SMILES string of the molecule is CCCCOC(=O)N1CCC[C@H]1C(=O)[O-].[Na+]. The molecule has 0 aromatic heterocycles. The van der Waals surface area contributed by atoms with Crippen LogP contribution in [0.25, 0.3) is 0 Å². The van der Waals surface area contributed by atoms with Crippen LogP contribution in [0, 0.1) is 0 Å². The fraction of sp³-hybridized carbons (Fsp3) is 0.800. The van der Waals surface area contributed by atoms with Crippen molar-refractivity contribution in [2.45, 2.75) is 38.6 Å². The van der Waals surface area contributed by atoms with Gasteiger partial charge in [-0.25, -0.2) is 4.79 Å². The molecule has 0 unspecified atom stereocenters. The molecule has 0 N–H and O–H groups in total. The zero-order chi connectivity index (χ0) is 11.3. The number of rotatable bonds is 4. The molecule has 6 heteroatoms. The molecule has 1 heterocycles. The number of unbranched alkanes of at least 4 members (excludes halogenated alkanes) is 1. The van der Waals surface area contributed by atoms with E-state index in [0.29, 0.717) is 26.0 Å². The van der Waals surface area contributed by atoms with Crippen molar-refractivity contribution in [3.05, 3.63) is 0 Å². The zero-order valence-corrected chi connectivity index (χ0v) is 11.9. The molecule has 0 spiro atoms.